The summed E-state index contributed by atoms with van der Waals surface area (Å²) >= 11 is 0. The fourth-order valence-corrected chi connectivity index (χ4v) is 5.17. The third-order valence-corrected chi connectivity index (χ3v) is 7.93. The number of pyridine rings is 2. The Kier molecular flexibility index (Phi) is 10.9. The molecule has 0 atom stereocenters. The first-order valence-electron chi connectivity index (χ1n) is 16.1. The van der Waals surface area contributed by atoms with Crippen LogP contribution in [0.3, 0.4) is 0 Å². The number of aromatic nitrogens is 5. The van der Waals surface area contributed by atoms with Gasteiger partial charge in [-0.15, -0.1) is 53.6 Å². The van der Waals surface area contributed by atoms with Crippen LogP contribution in [0.2, 0.25) is 0 Å². The van der Waals surface area contributed by atoms with Crippen LogP contribution >= 0.6 is 0 Å². The molecule has 0 N–H and O–H groups in total. The van der Waals surface area contributed by atoms with E-state index in [0.717, 1.165) is 61.6 Å². The van der Waals surface area contributed by atoms with Crippen LogP contribution in [-0.4, -0.2) is 24.9 Å². The Morgan fingerprint density at radius 2 is 1.38 bits per heavy atom. The van der Waals surface area contributed by atoms with Crippen LogP contribution in [0.5, 0.6) is 0 Å². The number of hydrogen-bond donors (Lipinski definition) is 0. The predicted molar refractivity (Wildman–Crippen MR) is 189 cm³/mol. The first-order valence-corrected chi connectivity index (χ1v) is 16.1. The molecule has 6 nitrogen and oxygen atoms in total. The number of benzene rings is 3. The summed E-state index contributed by atoms with van der Waals surface area (Å²) < 4.78 is 6.12. The van der Waals surface area contributed by atoms with Crippen molar-refractivity contribution in [2.75, 3.05) is 0 Å². The Morgan fingerprint density at radius 1 is 0.646 bits per heavy atom. The van der Waals surface area contributed by atoms with E-state index in [1.54, 1.807) is 6.20 Å². The van der Waals surface area contributed by atoms with Gasteiger partial charge in [-0.1, -0.05) is 70.5 Å². The Morgan fingerprint density at radius 3 is 1.98 bits per heavy atom. The van der Waals surface area contributed by atoms with Gasteiger partial charge in [0, 0.05) is 34.7 Å². The molecule has 4 aromatic heterocycles. The molecule has 0 spiro atoms. The van der Waals surface area contributed by atoms with Gasteiger partial charge in [0.1, 0.15) is 17.5 Å². The van der Waals surface area contributed by atoms with Gasteiger partial charge < -0.3 is 9.40 Å². The SMILES string of the molecule is CC(C)c1c[c-]c(-c2ccccn2)cc1.Cc1ccc2c(n1)oc1c(-c3[c-]cc(-c4nc(C(C)C)nc(C(C)C)n4)cc3)[c-]ccc12.[Ir+3]. The quantitative estimate of drug-likeness (QED) is 0.156. The van der Waals surface area contributed by atoms with Crippen molar-refractivity contribution in [1.29, 1.82) is 0 Å². The molecule has 48 heavy (non-hydrogen) atoms. The molecule has 0 aliphatic heterocycles. The van der Waals surface area contributed by atoms with Gasteiger partial charge in [-0.3, -0.25) is 0 Å². The summed E-state index contributed by atoms with van der Waals surface area (Å²) in [4.78, 5) is 22.8. The largest absolute Gasteiger partial charge is 3.00 e. The minimum Gasteiger partial charge on any atom is -0.496 e. The third kappa shape index (κ3) is 7.59. The number of nitrogens with zero attached hydrogens (tertiary/aromatic N) is 5. The van der Waals surface area contributed by atoms with E-state index in [1.807, 2.05) is 61.5 Å². The first-order chi connectivity index (χ1) is 22.7. The van der Waals surface area contributed by atoms with Gasteiger partial charge in [0.2, 0.25) is 5.71 Å². The molecule has 0 aliphatic carbocycles. The van der Waals surface area contributed by atoms with E-state index in [-0.39, 0.29) is 31.9 Å². The van der Waals surface area contributed by atoms with Gasteiger partial charge in [-0.25, -0.2) is 25.5 Å². The van der Waals surface area contributed by atoms with Crippen LogP contribution in [0.1, 0.15) is 82.2 Å². The molecule has 7 rings (SSSR count). The van der Waals surface area contributed by atoms with Gasteiger partial charge in [0.05, 0.1) is 0 Å². The molecule has 242 valence electrons. The number of hydrogen-bond acceptors (Lipinski definition) is 6. The molecule has 3 aromatic carbocycles. The summed E-state index contributed by atoms with van der Waals surface area (Å²) in [6, 6.07) is 36.1. The maximum Gasteiger partial charge on any atom is 3.00 e. The van der Waals surface area contributed by atoms with Gasteiger partial charge in [-0.05, 0) is 30.8 Å². The van der Waals surface area contributed by atoms with E-state index in [1.165, 1.54) is 5.56 Å². The topological polar surface area (TPSA) is 77.6 Å². The van der Waals surface area contributed by atoms with E-state index >= 15 is 0 Å². The Bertz CT molecular complexity index is 2090. The molecule has 4 heterocycles. The fourth-order valence-electron chi connectivity index (χ4n) is 5.17. The summed E-state index contributed by atoms with van der Waals surface area (Å²) in [5.74, 6) is 3.32. The van der Waals surface area contributed by atoms with Crippen LogP contribution in [0.4, 0.5) is 0 Å². The van der Waals surface area contributed by atoms with Crippen molar-refractivity contribution in [3.05, 3.63) is 126 Å². The van der Waals surface area contributed by atoms with Crippen molar-refractivity contribution in [3.8, 4) is 33.8 Å². The molecular weight excluding hydrogens is 771 g/mol. The van der Waals surface area contributed by atoms with Gasteiger partial charge in [0.15, 0.2) is 0 Å². The van der Waals surface area contributed by atoms with Crippen molar-refractivity contribution in [3.63, 3.8) is 0 Å². The van der Waals surface area contributed by atoms with Crippen LogP contribution in [0, 0.1) is 25.1 Å². The zero-order valence-electron chi connectivity index (χ0n) is 28.3. The molecule has 0 aliphatic rings. The summed E-state index contributed by atoms with van der Waals surface area (Å²) in [6.45, 7) is 14.7. The van der Waals surface area contributed by atoms with Crippen LogP contribution in [-0.2, 0) is 20.1 Å². The molecule has 0 unspecified atom stereocenters. The molecule has 0 radical (unpaired) electrons. The second-order valence-electron chi connectivity index (χ2n) is 12.6. The molecule has 0 amide bonds. The average Bonchev–Trinajstić information content (AvgIpc) is 3.46. The van der Waals surface area contributed by atoms with Crippen LogP contribution < -0.4 is 0 Å². The van der Waals surface area contributed by atoms with Gasteiger partial charge >= 0.3 is 20.1 Å². The van der Waals surface area contributed by atoms with E-state index in [4.69, 9.17) is 14.4 Å². The standard InChI is InChI=1S/C27H24N4O.C14H14N.Ir/c1-15(2)24-29-25(16(3)4)31-26(30-24)19-12-10-18(11-13-19)20-7-6-8-21-22-14-9-17(5)28-27(22)32-23(20)21;1-11(2)12-6-8-13(9-7-12)14-5-3-4-10-15-14;/h6,8-10,12-16H,1-5H3;3-8,10-11H,1-2H3;/q-2;-1;+3. The molecular formula is C41H38IrN5O. The first kappa shape index (κ1) is 34.7. The smallest absolute Gasteiger partial charge is 0.496 e. The van der Waals surface area contributed by atoms with E-state index in [0.29, 0.717) is 17.5 Å². The minimum absolute atomic E-state index is 0. The van der Waals surface area contributed by atoms with E-state index in [9.17, 15) is 0 Å². The third-order valence-electron chi connectivity index (χ3n) is 7.93. The van der Waals surface area contributed by atoms with Crippen molar-refractivity contribution in [2.45, 2.75) is 66.2 Å². The van der Waals surface area contributed by atoms with Crippen LogP contribution in [0.25, 0.3) is 55.8 Å². The normalized spacial score (nSPS) is 11.2. The molecule has 0 bridgehead atoms. The van der Waals surface area contributed by atoms with Crippen molar-refractivity contribution < 1.29 is 24.5 Å². The van der Waals surface area contributed by atoms with Crippen molar-refractivity contribution in [1.82, 2.24) is 24.9 Å². The second kappa shape index (κ2) is 15.1. The molecule has 0 saturated heterocycles. The average molecular weight is 809 g/mol. The number of fused-ring (bicyclic) bond motifs is 3. The van der Waals surface area contributed by atoms with Crippen molar-refractivity contribution in [2.24, 2.45) is 0 Å². The monoisotopic (exact) mass is 809 g/mol. The van der Waals surface area contributed by atoms with E-state index < -0.39 is 0 Å². The molecule has 7 aromatic rings. The minimum atomic E-state index is 0. The Hall–Kier alpha value is -4.58. The zero-order chi connectivity index (χ0) is 33.1. The summed E-state index contributed by atoms with van der Waals surface area (Å²) in [5.41, 5.74) is 8.37. The van der Waals surface area contributed by atoms with Gasteiger partial charge in [0.25, 0.3) is 0 Å². The predicted octanol–water partition coefficient (Wildman–Crippen LogP) is 10.3. The molecule has 0 fully saturated rings. The number of aryl methyl sites for hydroxylation is 1. The van der Waals surface area contributed by atoms with Crippen LogP contribution in [0.15, 0.2) is 89.5 Å². The second-order valence-corrected chi connectivity index (χ2v) is 12.6. The number of furan rings is 1. The Labute approximate surface area is 296 Å². The number of rotatable bonds is 6. The molecule has 0 saturated carbocycles. The van der Waals surface area contributed by atoms with Crippen molar-refractivity contribution >= 4 is 22.1 Å². The summed E-state index contributed by atoms with van der Waals surface area (Å²) in [6.07, 6.45) is 1.81. The fraction of sp³-hybridized carbons (Fsp3) is 0.244. The Balaban J connectivity index is 0.000000237. The van der Waals surface area contributed by atoms with E-state index in [2.05, 4.69) is 99.0 Å². The zero-order valence-corrected chi connectivity index (χ0v) is 30.7. The molecule has 7 heteroatoms. The summed E-state index contributed by atoms with van der Waals surface area (Å²) in [7, 11) is 0. The maximum atomic E-state index is 6.12. The van der Waals surface area contributed by atoms with Gasteiger partial charge in [-0.2, -0.15) is 29.8 Å². The summed E-state index contributed by atoms with van der Waals surface area (Å²) in [5, 5.41) is 2.03. The maximum absolute atomic E-state index is 6.12.